The van der Waals surface area contributed by atoms with Gasteiger partial charge in [-0.05, 0) is 59.5 Å². The minimum absolute atomic E-state index is 0.0457. The Kier molecular flexibility index (Phi) is 7.25. The smallest absolute Gasteiger partial charge is 0.258 e. The SMILES string of the molecule is CN(C)c1ccc(C(CNC(=O)COc2ccc(F)cc2)N2CCc3ccccc3C2)cc1. The number of carbonyl (C=O) groups excluding carboxylic acids is 1. The number of anilines is 1. The third kappa shape index (κ3) is 5.90. The quantitative estimate of drug-likeness (QED) is 0.563. The van der Waals surface area contributed by atoms with Gasteiger partial charge in [0.1, 0.15) is 11.6 Å². The van der Waals surface area contributed by atoms with Gasteiger partial charge >= 0.3 is 0 Å². The van der Waals surface area contributed by atoms with Gasteiger partial charge in [0.05, 0.1) is 6.04 Å². The van der Waals surface area contributed by atoms with Gasteiger partial charge in [-0.2, -0.15) is 0 Å². The first-order valence-electron chi connectivity index (χ1n) is 11.2. The molecule has 0 saturated carbocycles. The van der Waals surface area contributed by atoms with Crippen molar-refractivity contribution in [2.75, 3.05) is 38.7 Å². The van der Waals surface area contributed by atoms with Gasteiger partial charge in [0.15, 0.2) is 6.61 Å². The highest BCUT2D eigenvalue weighted by Gasteiger charge is 2.25. The maximum Gasteiger partial charge on any atom is 0.258 e. The van der Waals surface area contributed by atoms with Crippen molar-refractivity contribution >= 4 is 11.6 Å². The summed E-state index contributed by atoms with van der Waals surface area (Å²) in [6, 6.07) is 22.8. The molecule has 1 aliphatic heterocycles. The van der Waals surface area contributed by atoms with Crippen LogP contribution in [-0.2, 0) is 17.8 Å². The Bertz CT molecular complexity index is 1070. The molecular formula is C27H30FN3O2. The number of halogens is 1. The molecule has 1 unspecified atom stereocenters. The van der Waals surface area contributed by atoms with Crippen molar-refractivity contribution in [1.29, 1.82) is 0 Å². The van der Waals surface area contributed by atoms with Gasteiger partial charge in [0.2, 0.25) is 0 Å². The topological polar surface area (TPSA) is 44.8 Å². The molecule has 0 aromatic heterocycles. The lowest BCUT2D eigenvalue weighted by Crippen LogP contribution is -2.41. The summed E-state index contributed by atoms with van der Waals surface area (Å²) in [4.78, 5) is 17.0. The average Bonchev–Trinajstić information content (AvgIpc) is 2.84. The molecule has 1 heterocycles. The van der Waals surface area contributed by atoms with E-state index in [1.54, 1.807) is 0 Å². The molecule has 0 radical (unpaired) electrons. The second kappa shape index (κ2) is 10.5. The van der Waals surface area contributed by atoms with Crippen LogP contribution < -0.4 is 15.0 Å². The summed E-state index contributed by atoms with van der Waals surface area (Å²) in [5, 5.41) is 3.03. The highest BCUT2D eigenvalue weighted by atomic mass is 19.1. The lowest BCUT2D eigenvalue weighted by molar-refractivity contribution is -0.123. The number of benzene rings is 3. The molecule has 1 amide bonds. The highest BCUT2D eigenvalue weighted by molar-refractivity contribution is 5.77. The zero-order chi connectivity index (χ0) is 23.2. The molecule has 0 aliphatic carbocycles. The number of amides is 1. The molecule has 0 fully saturated rings. The molecule has 6 heteroatoms. The van der Waals surface area contributed by atoms with Gasteiger partial charge in [0.25, 0.3) is 5.91 Å². The van der Waals surface area contributed by atoms with Crippen LogP contribution in [0.25, 0.3) is 0 Å². The first-order valence-corrected chi connectivity index (χ1v) is 11.2. The Hall–Kier alpha value is -3.38. The van der Waals surface area contributed by atoms with E-state index < -0.39 is 0 Å². The van der Waals surface area contributed by atoms with Crippen molar-refractivity contribution in [1.82, 2.24) is 10.2 Å². The number of fused-ring (bicyclic) bond motifs is 1. The van der Waals surface area contributed by atoms with E-state index in [9.17, 15) is 9.18 Å². The number of rotatable bonds is 8. The van der Waals surface area contributed by atoms with Crippen molar-refractivity contribution < 1.29 is 13.9 Å². The predicted molar refractivity (Wildman–Crippen MR) is 129 cm³/mol. The largest absolute Gasteiger partial charge is 0.484 e. The van der Waals surface area contributed by atoms with E-state index >= 15 is 0 Å². The minimum Gasteiger partial charge on any atom is -0.484 e. The van der Waals surface area contributed by atoms with E-state index in [0.717, 1.165) is 25.2 Å². The Balaban J connectivity index is 1.44. The van der Waals surface area contributed by atoms with Gasteiger partial charge in [-0.15, -0.1) is 0 Å². The third-order valence-corrected chi connectivity index (χ3v) is 6.07. The number of carbonyl (C=O) groups is 1. The summed E-state index contributed by atoms with van der Waals surface area (Å²) in [5.41, 5.74) is 5.04. The maximum absolute atomic E-state index is 13.1. The van der Waals surface area contributed by atoms with E-state index in [4.69, 9.17) is 4.74 Å². The van der Waals surface area contributed by atoms with Crippen LogP contribution in [0.15, 0.2) is 72.8 Å². The normalized spacial score (nSPS) is 14.3. The second-order valence-electron chi connectivity index (χ2n) is 8.54. The molecule has 5 nitrogen and oxygen atoms in total. The standard InChI is InChI=1S/C27H30FN3O2/c1-30(2)24-11-7-21(8-12-24)26(31-16-15-20-5-3-4-6-22(20)18-31)17-29-27(32)19-33-25-13-9-23(28)10-14-25/h3-14,26H,15-19H2,1-2H3,(H,29,32). The summed E-state index contributed by atoms with van der Waals surface area (Å²) in [7, 11) is 4.05. The number of nitrogens with one attached hydrogen (secondary N) is 1. The van der Waals surface area contributed by atoms with Gasteiger partial charge < -0.3 is 15.0 Å². The number of hydrogen-bond donors (Lipinski definition) is 1. The van der Waals surface area contributed by atoms with Crippen LogP contribution in [0.4, 0.5) is 10.1 Å². The minimum atomic E-state index is -0.335. The fourth-order valence-electron chi connectivity index (χ4n) is 4.18. The van der Waals surface area contributed by atoms with E-state index in [2.05, 4.69) is 63.6 Å². The molecule has 172 valence electrons. The van der Waals surface area contributed by atoms with Gasteiger partial charge in [-0.1, -0.05) is 36.4 Å². The van der Waals surface area contributed by atoms with Crippen molar-refractivity contribution in [3.8, 4) is 5.75 Å². The van der Waals surface area contributed by atoms with Crippen LogP contribution in [-0.4, -0.2) is 44.6 Å². The summed E-state index contributed by atoms with van der Waals surface area (Å²) >= 11 is 0. The zero-order valence-electron chi connectivity index (χ0n) is 19.1. The molecule has 1 atom stereocenters. The van der Waals surface area contributed by atoms with Crippen LogP contribution in [0.1, 0.15) is 22.7 Å². The van der Waals surface area contributed by atoms with Crippen molar-refractivity contribution in [3.63, 3.8) is 0 Å². The van der Waals surface area contributed by atoms with E-state index in [1.807, 2.05) is 14.1 Å². The second-order valence-corrected chi connectivity index (χ2v) is 8.54. The predicted octanol–water partition coefficient (Wildman–Crippen LogP) is 4.19. The van der Waals surface area contributed by atoms with Crippen molar-refractivity contribution in [2.24, 2.45) is 0 Å². The summed E-state index contributed by atoms with van der Waals surface area (Å²) < 4.78 is 18.5. The van der Waals surface area contributed by atoms with Crippen LogP contribution in [0.5, 0.6) is 5.75 Å². The molecule has 0 bridgehead atoms. The first-order chi connectivity index (χ1) is 16.0. The van der Waals surface area contributed by atoms with Crippen LogP contribution >= 0.6 is 0 Å². The summed E-state index contributed by atoms with van der Waals surface area (Å²) in [5.74, 6) is -0.0697. The number of nitrogens with zero attached hydrogens (tertiary/aromatic N) is 2. The Morgan fingerprint density at radius 2 is 1.73 bits per heavy atom. The molecule has 33 heavy (non-hydrogen) atoms. The highest BCUT2D eigenvalue weighted by Crippen LogP contribution is 2.28. The molecule has 1 N–H and O–H groups in total. The fraction of sp³-hybridized carbons (Fsp3) is 0.296. The molecule has 0 spiro atoms. The fourth-order valence-corrected chi connectivity index (χ4v) is 4.18. The van der Waals surface area contributed by atoms with E-state index in [-0.39, 0.29) is 24.4 Å². The summed E-state index contributed by atoms with van der Waals surface area (Å²) in [6.07, 6.45) is 0.990. The van der Waals surface area contributed by atoms with Crippen LogP contribution in [0, 0.1) is 5.82 Å². The van der Waals surface area contributed by atoms with Crippen LogP contribution in [0.2, 0.25) is 0 Å². The van der Waals surface area contributed by atoms with E-state index in [0.29, 0.717) is 12.3 Å². The van der Waals surface area contributed by atoms with Gasteiger partial charge in [-0.25, -0.2) is 4.39 Å². The van der Waals surface area contributed by atoms with Gasteiger partial charge in [-0.3, -0.25) is 9.69 Å². The molecular weight excluding hydrogens is 417 g/mol. The van der Waals surface area contributed by atoms with Gasteiger partial charge in [0, 0.05) is 39.4 Å². The average molecular weight is 448 g/mol. The first kappa shape index (κ1) is 22.8. The molecule has 4 rings (SSSR count). The lowest BCUT2D eigenvalue weighted by Gasteiger charge is -2.36. The number of hydrogen-bond acceptors (Lipinski definition) is 4. The molecule has 3 aromatic carbocycles. The monoisotopic (exact) mass is 447 g/mol. The van der Waals surface area contributed by atoms with Crippen LogP contribution in [0.3, 0.4) is 0 Å². The molecule has 0 saturated heterocycles. The Morgan fingerprint density at radius 1 is 1.03 bits per heavy atom. The molecule has 1 aliphatic rings. The summed E-state index contributed by atoms with van der Waals surface area (Å²) in [6.45, 7) is 2.15. The number of ether oxygens (including phenoxy) is 1. The Morgan fingerprint density at radius 3 is 2.42 bits per heavy atom. The lowest BCUT2D eigenvalue weighted by atomic mass is 9.96. The maximum atomic E-state index is 13.1. The Labute approximate surface area is 194 Å². The third-order valence-electron chi connectivity index (χ3n) is 6.07. The van der Waals surface area contributed by atoms with E-state index in [1.165, 1.54) is 41.0 Å². The molecule has 3 aromatic rings. The van der Waals surface area contributed by atoms with Crippen molar-refractivity contribution in [2.45, 2.75) is 19.0 Å². The zero-order valence-corrected chi connectivity index (χ0v) is 19.1. The van der Waals surface area contributed by atoms with Crippen molar-refractivity contribution in [3.05, 3.63) is 95.3 Å².